The number of alkyl halides is 1. The SMILES string of the molecule is CC1(C)CC2CC(C#Cc3ccccc3)=CC1(I)N2. The van der Waals surface area contributed by atoms with E-state index in [-0.39, 0.29) is 3.55 Å². The molecule has 2 unspecified atom stereocenters. The lowest BCUT2D eigenvalue weighted by atomic mass is 9.84. The summed E-state index contributed by atoms with van der Waals surface area (Å²) in [7, 11) is 0. The van der Waals surface area contributed by atoms with Crippen LogP contribution in [0, 0.1) is 17.3 Å². The van der Waals surface area contributed by atoms with Gasteiger partial charge in [0.15, 0.2) is 0 Å². The average molecular weight is 363 g/mol. The number of benzene rings is 1. The van der Waals surface area contributed by atoms with E-state index in [1.807, 2.05) is 18.2 Å². The third-order valence-corrected chi connectivity index (χ3v) is 6.22. The van der Waals surface area contributed by atoms with Crippen LogP contribution in [-0.4, -0.2) is 9.59 Å². The summed E-state index contributed by atoms with van der Waals surface area (Å²) in [6.07, 6.45) is 4.63. The number of hydrogen-bond acceptors (Lipinski definition) is 1. The second kappa shape index (κ2) is 4.64. The second-order valence-electron chi connectivity index (χ2n) is 6.13. The first-order chi connectivity index (χ1) is 8.98. The van der Waals surface area contributed by atoms with E-state index in [9.17, 15) is 0 Å². The Kier molecular flexibility index (Phi) is 3.23. The van der Waals surface area contributed by atoms with Crippen LogP contribution >= 0.6 is 22.6 Å². The highest BCUT2D eigenvalue weighted by atomic mass is 127. The lowest BCUT2D eigenvalue weighted by Gasteiger charge is -2.35. The standard InChI is InChI=1S/C17H18IN/c1-16(2)12-15-10-14(11-17(16,18)19-15)9-8-13-6-4-3-5-7-13/h3-7,11,15,19H,10,12H2,1-2H3. The molecule has 0 spiro atoms. The zero-order chi connectivity index (χ0) is 13.5. The molecule has 98 valence electrons. The lowest BCUT2D eigenvalue weighted by molar-refractivity contribution is 0.343. The highest BCUT2D eigenvalue weighted by Crippen LogP contribution is 2.51. The van der Waals surface area contributed by atoms with Crippen molar-refractivity contribution in [1.29, 1.82) is 0 Å². The zero-order valence-corrected chi connectivity index (χ0v) is 13.5. The average Bonchev–Trinajstić information content (AvgIpc) is 2.52. The van der Waals surface area contributed by atoms with E-state index in [4.69, 9.17) is 0 Å². The van der Waals surface area contributed by atoms with Gasteiger partial charge in [-0.3, -0.25) is 5.32 Å². The Hall–Kier alpha value is -0.790. The molecule has 2 heterocycles. The van der Waals surface area contributed by atoms with Crippen LogP contribution in [0.15, 0.2) is 42.0 Å². The number of rotatable bonds is 0. The largest absolute Gasteiger partial charge is 0.296 e. The van der Waals surface area contributed by atoms with Crippen molar-refractivity contribution in [2.75, 3.05) is 0 Å². The predicted molar refractivity (Wildman–Crippen MR) is 88.1 cm³/mol. The molecule has 0 saturated carbocycles. The number of fused-ring (bicyclic) bond motifs is 2. The van der Waals surface area contributed by atoms with Gasteiger partial charge < -0.3 is 0 Å². The number of halogens is 1. The molecule has 2 heteroatoms. The first-order valence-electron chi connectivity index (χ1n) is 6.74. The Balaban J connectivity index is 1.89. The molecule has 1 saturated heterocycles. The maximum Gasteiger partial charge on any atom is 0.0956 e. The molecule has 19 heavy (non-hydrogen) atoms. The van der Waals surface area contributed by atoms with E-state index in [0.29, 0.717) is 11.5 Å². The zero-order valence-electron chi connectivity index (χ0n) is 11.3. The Bertz CT molecular complexity index is 576. The maximum absolute atomic E-state index is 3.73. The van der Waals surface area contributed by atoms with E-state index in [1.54, 1.807) is 0 Å². The summed E-state index contributed by atoms with van der Waals surface area (Å²) >= 11 is 2.55. The summed E-state index contributed by atoms with van der Waals surface area (Å²) < 4.78 is 0.0639. The number of hydrogen-bond donors (Lipinski definition) is 1. The molecule has 2 bridgehead atoms. The molecule has 0 aliphatic carbocycles. The van der Waals surface area contributed by atoms with Crippen LogP contribution in [0.4, 0.5) is 0 Å². The van der Waals surface area contributed by atoms with Crippen molar-refractivity contribution < 1.29 is 0 Å². The van der Waals surface area contributed by atoms with Crippen molar-refractivity contribution in [3.8, 4) is 11.8 Å². The fourth-order valence-electron chi connectivity index (χ4n) is 2.99. The Labute approximate surface area is 129 Å². The van der Waals surface area contributed by atoms with Gasteiger partial charge in [0.2, 0.25) is 0 Å². The third-order valence-electron chi connectivity index (χ3n) is 4.14. The van der Waals surface area contributed by atoms with E-state index in [1.165, 1.54) is 12.0 Å². The summed E-state index contributed by atoms with van der Waals surface area (Å²) in [6.45, 7) is 4.69. The minimum Gasteiger partial charge on any atom is -0.296 e. The molecular weight excluding hydrogens is 345 g/mol. The number of nitrogens with one attached hydrogen (secondary N) is 1. The molecular formula is C17H18IN. The van der Waals surface area contributed by atoms with Gasteiger partial charge in [-0.2, -0.15) is 0 Å². The second-order valence-corrected chi connectivity index (χ2v) is 7.83. The van der Waals surface area contributed by atoms with Crippen LogP contribution in [0.3, 0.4) is 0 Å². The molecule has 1 nitrogen and oxygen atoms in total. The van der Waals surface area contributed by atoms with E-state index in [2.05, 4.69) is 71.8 Å². The van der Waals surface area contributed by atoms with Crippen LogP contribution < -0.4 is 5.32 Å². The summed E-state index contributed by atoms with van der Waals surface area (Å²) in [6, 6.07) is 10.8. The van der Waals surface area contributed by atoms with Crippen molar-refractivity contribution in [1.82, 2.24) is 5.32 Å². The van der Waals surface area contributed by atoms with Gasteiger partial charge in [-0.05, 0) is 36.5 Å². The first kappa shape index (κ1) is 13.2. The molecule has 0 radical (unpaired) electrons. The topological polar surface area (TPSA) is 12.0 Å². The van der Waals surface area contributed by atoms with Gasteiger partial charge in [-0.25, -0.2) is 0 Å². The normalized spacial score (nSPS) is 31.3. The molecule has 1 aromatic carbocycles. The molecule has 2 aliphatic rings. The van der Waals surface area contributed by atoms with Crippen molar-refractivity contribution in [3.63, 3.8) is 0 Å². The molecule has 1 fully saturated rings. The summed E-state index contributed by atoms with van der Waals surface area (Å²) in [5.74, 6) is 6.65. The Morgan fingerprint density at radius 1 is 1.21 bits per heavy atom. The smallest absolute Gasteiger partial charge is 0.0956 e. The fraction of sp³-hybridized carbons (Fsp3) is 0.412. The van der Waals surface area contributed by atoms with Crippen molar-refractivity contribution in [2.24, 2.45) is 5.41 Å². The van der Waals surface area contributed by atoms with Gasteiger partial charge in [-0.1, -0.05) is 66.5 Å². The van der Waals surface area contributed by atoms with E-state index >= 15 is 0 Å². The molecule has 0 aromatic heterocycles. The quantitative estimate of drug-likeness (QED) is 0.319. The molecule has 3 rings (SSSR count). The third kappa shape index (κ3) is 2.46. The van der Waals surface area contributed by atoms with Gasteiger partial charge in [-0.15, -0.1) is 0 Å². The monoisotopic (exact) mass is 363 g/mol. The van der Waals surface area contributed by atoms with Crippen LogP contribution in [0.5, 0.6) is 0 Å². The highest BCUT2D eigenvalue weighted by Gasteiger charge is 2.51. The predicted octanol–water partition coefficient (Wildman–Crippen LogP) is 3.89. The molecule has 1 N–H and O–H groups in total. The maximum atomic E-state index is 3.73. The van der Waals surface area contributed by atoms with Crippen LogP contribution in [-0.2, 0) is 0 Å². The summed E-state index contributed by atoms with van der Waals surface area (Å²) in [5, 5.41) is 3.73. The van der Waals surface area contributed by atoms with Gasteiger partial charge >= 0.3 is 0 Å². The molecule has 2 atom stereocenters. The molecule has 2 aliphatic heterocycles. The van der Waals surface area contributed by atoms with Gasteiger partial charge in [0.1, 0.15) is 0 Å². The fourth-order valence-corrected chi connectivity index (χ4v) is 4.03. The lowest BCUT2D eigenvalue weighted by Crippen LogP contribution is -2.45. The Morgan fingerprint density at radius 2 is 1.95 bits per heavy atom. The minimum absolute atomic E-state index is 0.0639. The van der Waals surface area contributed by atoms with Crippen molar-refractivity contribution in [3.05, 3.63) is 47.5 Å². The van der Waals surface area contributed by atoms with E-state index in [0.717, 1.165) is 12.0 Å². The van der Waals surface area contributed by atoms with Crippen molar-refractivity contribution >= 4 is 22.6 Å². The highest BCUT2D eigenvalue weighted by molar-refractivity contribution is 14.1. The van der Waals surface area contributed by atoms with Crippen LogP contribution in [0.1, 0.15) is 32.3 Å². The Morgan fingerprint density at radius 3 is 2.63 bits per heavy atom. The van der Waals surface area contributed by atoms with E-state index < -0.39 is 0 Å². The van der Waals surface area contributed by atoms with Gasteiger partial charge in [0, 0.05) is 17.2 Å². The van der Waals surface area contributed by atoms with Crippen molar-refractivity contribution in [2.45, 2.75) is 36.3 Å². The first-order valence-corrected chi connectivity index (χ1v) is 7.82. The summed E-state index contributed by atoms with van der Waals surface area (Å²) in [4.78, 5) is 0. The van der Waals surface area contributed by atoms with Crippen LogP contribution in [0.25, 0.3) is 0 Å². The van der Waals surface area contributed by atoms with Gasteiger partial charge in [0.05, 0.1) is 3.55 Å². The molecule has 0 amide bonds. The van der Waals surface area contributed by atoms with Crippen LogP contribution in [0.2, 0.25) is 0 Å². The molecule has 1 aromatic rings. The minimum atomic E-state index is 0.0639. The van der Waals surface area contributed by atoms with Gasteiger partial charge in [0.25, 0.3) is 0 Å². The summed E-state index contributed by atoms with van der Waals surface area (Å²) in [5.41, 5.74) is 2.68.